The fraction of sp³-hybridized carbons (Fsp3) is 0.875. The molecule has 0 radical (unpaired) electrons. The normalized spacial score (nSPS) is 11.1. The van der Waals surface area contributed by atoms with Gasteiger partial charge in [-0.05, 0) is 12.2 Å². The van der Waals surface area contributed by atoms with Gasteiger partial charge in [0.15, 0.2) is 5.11 Å². The van der Waals surface area contributed by atoms with Gasteiger partial charge in [0.25, 0.3) is 0 Å². The van der Waals surface area contributed by atoms with E-state index in [-0.39, 0.29) is 5.75 Å². The van der Waals surface area contributed by atoms with Gasteiger partial charge in [-0.15, -0.1) is 0 Å². The summed E-state index contributed by atoms with van der Waals surface area (Å²) in [7, 11) is 0.435. The maximum Gasteiger partial charge on any atom is 0.168 e. The van der Waals surface area contributed by atoms with E-state index in [1.807, 2.05) is 0 Å². The van der Waals surface area contributed by atoms with Crippen molar-refractivity contribution in [3.8, 4) is 0 Å². The molecule has 5 nitrogen and oxygen atoms in total. The molecule has 0 spiro atoms. The third-order valence-corrected chi connectivity index (χ3v) is 3.11. The molecule has 0 aliphatic rings. The third-order valence-electron chi connectivity index (χ3n) is 1.73. The van der Waals surface area contributed by atoms with E-state index in [4.69, 9.17) is 17.0 Å². The number of rotatable bonds is 6. The van der Waals surface area contributed by atoms with Crippen molar-refractivity contribution in [2.75, 3.05) is 45.9 Å². The summed E-state index contributed by atoms with van der Waals surface area (Å²) in [6.45, 7) is 1.59. The van der Waals surface area contributed by atoms with Gasteiger partial charge < -0.3 is 15.0 Å². The number of hydrogen-bond donors (Lipinski definition) is 1. The van der Waals surface area contributed by atoms with Gasteiger partial charge in [-0.1, -0.05) is 0 Å². The molecular weight excluding hydrogens is 236 g/mol. The number of nitrogens with zero attached hydrogens (tertiary/aromatic N) is 1. The smallest absolute Gasteiger partial charge is 0.168 e. The Morgan fingerprint density at radius 2 is 2.13 bits per heavy atom. The van der Waals surface area contributed by atoms with Crippen molar-refractivity contribution in [3.63, 3.8) is 0 Å². The molecule has 7 heteroatoms. The summed E-state index contributed by atoms with van der Waals surface area (Å²) in [6, 6.07) is 0. The van der Waals surface area contributed by atoms with Crippen molar-refractivity contribution in [3.05, 3.63) is 0 Å². The average molecular weight is 254 g/mol. The van der Waals surface area contributed by atoms with Crippen LogP contribution in [0.15, 0.2) is 0 Å². The van der Waals surface area contributed by atoms with Crippen molar-refractivity contribution in [1.29, 1.82) is 0 Å². The average Bonchev–Trinajstić information content (AvgIpc) is 2.13. The first-order chi connectivity index (χ1) is 6.87. The van der Waals surface area contributed by atoms with Crippen LogP contribution < -0.4 is 5.32 Å². The van der Waals surface area contributed by atoms with E-state index in [0.29, 0.717) is 24.8 Å². The Labute approximate surface area is 96.7 Å². The lowest BCUT2D eigenvalue weighted by atomic mass is 10.6. The van der Waals surface area contributed by atoms with E-state index in [0.717, 1.165) is 0 Å². The van der Waals surface area contributed by atoms with Gasteiger partial charge in [-0.3, -0.25) is 0 Å². The summed E-state index contributed by atoms with van der Waals surface area (Å²) < 4.78 is 26.7. The Kier molecular flexibility index (Phi) is 6.78. The van der Waals surface area contributed by atoms with Crippen molar-refractivity contribution in [2.45, 2.75) is 0 Å². The molecule has 90 valence electrons. The first-order valence-electron chi connectivity index (χ1n) is 4.52. The predicted molar refractivity (Wildman–Crippen MR) is 64.8 cm³/mol. The summed E-state index contributed by atoms with van der Waals surface area (Å²) >= 11 is 5.04. The molecule has 0 saturated carbocycles. The summed E-state index contributed by atoms with van der Waals surface area (Å²) in [4.78, 5) is 1.70. The van der Waals surface area contributed by atoms with Crippen molar-refractivity contribution in [1.82, 2.24) is 10.2 Å². The topological polar surface area (TPSA) is 58.6 Å². The highest BCUT2D eigenvalue weighted by Crippen LogP contribution is 1.89. The van der Waals surface area contributed by atoms with E-state index < -0.39 is 9.84 Å². The minimum atomic E-state index is -2.93. The molecule has 0 aromatic rings. The van der Waals surface area contributed by atoms with E-state index in [2.05, 4.69) is 5.32 Å². The molecule has 0 aromatic heterocycles. The highest BCUT2D eigenvalue weighted by Gasteiger charge is 2.07. The lowest BCUT2D eigenvalue weighted by molar-refractivity contribution is 0.203. The third kappa shape index (κ3) is 8.59. The van der Waals surface area contributed by atoms with E-state index in [1.54, 1.807) is 19.1 Å². The summed E-state index contributed by atoms with van der Waals surface area (Å²) in [5.41, 5.74) is 0. The van der Waals surface area contributed by atoms with Crippen LogP contribution in [0.4, 0.5) is 0 Å². The Hall–Kier alpha value is -0.400. The maximum atomic E-state index is 10.9. The Bertz CT molecular complexity index is 290. The molecule has 0 bridgehead atoms. The fourth-order valence-corrected chi connectivity index (χ4v) is 1.60. The number of sulfone groups is 1. The molecule has 1 N–H and O–H groups in total. The largest absolute Gasteiger partial charge is 0.383 e. The Balaban J connectivity index is 3.79. The number of nitrogens with one attached hydrogen (secondary N) is 1. The molecule has 0 rings (SSSR count). The van der Waals surface area contributed by atoms with Crippen LogP contribution in [0, 0.1) is 0 Å². The Morgan fingerprint density at radius 3 is 2.60 bits per heavy atom. The fourth-order valence-electron chi connectivity index (χ4n) is 0.799. The van der Waals surface area contributed by atoms with Crippen LogP contribution in [0.5, 0.6) is 0 Å². The van der Waals surface area contributed by atoms with E-state index in [9.17, 15) is 8.42 Å². The molecule has 0 fully saturated rings. The van der Waals surface area contributed by atoms with Crippen LogP contribution in [0.1, 0.15) is 0 Å². The second-order valence-corrected chi connectivity index (χ2v) is 5.92. The van der Waals surface area contributed by atoms with Gasteiger partial charge in [0, 0.05) is 33.5 Å². The SMILES string of the molecule is COCCNC(=S)N(C)CCS(C)(=O)=O. The Morgan fingerprint density at radius 1 is 1.53 bits per heavy atom. The zero-order chi connectivity index (χ0) is 11.9. The minimum Gasteiger partial charge on any atom is -0.383 e. The van der Waals surface area contributed by atoms with Gasteiger partial charge in [0.2, 0.25) is 0 Å². The van der Waals surface area contributed by atoms with E-state index >= 15 is 0 Å². The molecule has 15 heavy (non-hydrogen) atoms. The zero-order valence-electron chi connectivity index (χ0n) is 9.32. The van der Waals surface area contributed by atoms with Gasteiger partial charge in [0.05, 0.1) is 12.4 Å². The van der Waals surface area contributed by atoms with Crippen LogP contribution in [0.3, 0.4) is 0 Å². The molecular formula is C8H18N2O3S2. The van der Waals surface area contributed by atoms with Crippen LogP contribution in [0.2, 0.25) is 0 Å². The summed E-state index contributed by atoms with van der Waals surface area (Å²) in [6.07, 6.45) is 1.21. The van der Waals surface area contributed by atoms with E-state index in [1.165, 1.54) is 6.26 Å². The number of thiocarbonyl (C=S) groups is 1. The number of hydrogen-bond acceptors (Lipinski definition) is 4. The molecule has 0 aromatic carbocycles. The van der Waals surface area contributed by atoms with Crippen molar-refractivity contribution in [2.24, 2.45) is 0 Å². The summed E-state index contributed by atoms with van der Waals surface area (Å²) in [5, 5.41) is 3.49. The molecule has 0 saturated heterocycles. The highest BCUT2D eigenvalue weighted by atomic mass is 32.2. The minimum absolute atomic E-state index is 0.107. The van der Waals surface area contributed by atoms with Crippen LogP contribution >= 0.6 is 12.2 Å². The molecule has 0 aliphatic heterocycles. The monoisotopic (exact) mass is 254 g/mol. The quantitative estimate of drug-likeness (QED) is 0.509. The molecule has 0 unspecified atom stereocenters. The van der Waals surface area contributed by atoms with Crippen LogP contribution in [-0.2, 0) is 14.6 Å². The number of methoxy groups -OCH3 is 1. The first-order valence-corrected chi connectivity index (χ1v) is 6.99. The van der Waals surface area contributed by atoms with Crippen molar-refractivity contribution < 1.29 is 13.2 Å². The standard InChI is InChI=1S/C8H18N2O3S2/c1-10(5-7-15(3,11)12)8(14)9-4-6-13-2/h4-7H2,1-3H3,(H,9,14). The molecule has 0 atom stereocenters. The van der Waals surface area contributed by atoms with Gasteiger partial charge in [0.1, 0.15) is 9.84 Å². The van der Waals surface area contributed by atoms with Crippen molar-refractivity contribution >= 4 is 27.2 Å². The second-order valence-electron chi connectivity index (χ2n) is 3.28. The predicted octanol–water partition coefficient (Wildman–Crippen LogP) is -0.516. The first kappa shape index (κ1) is 14.6. The van der Waals surface area contributed by atoms with Gasteiger partial charge >= 0.3 is 0 Å². The molecule has 0 heterocycles. The maximum absolute atomic E-state index is 10.9. The van der Waals surface area contributed by atoms with Crippen LogP contribution in [-0.4, -0.2) is 64.3 Å². The lowest BCUT2D eigenvalue weighted by Gasteiger charge is -2.20. The molecule has 0 amide bonds. The van der Waals surface area contributed by atoms with Gasteiger partial charge in [-0.2, -0.15) is 0 Å². The zero-order valence-corrected chi connectivity index (χ0v) is 10.9. The lowest BCUT2D eigenvalue weighted by Crippen LogP contribution is -2.40. The highest BCUT2D eigenvalue weighted by molar-refractivity contribution is 7.90. The van der Waals surface area contributed by atoms with Crippen LogP contribution in [0.25, 0.3) is 0 Å². The number of ether oxygens (including phenoxy) is 1. The summed E-state index contributed by atoms with van der Waals surface area (Å²) in [5.74, 6) is 0.107. The van der Waals surface area contributed by atoms with Gasteiger partial charge in [-0.25, -0.2) is 8.42 Å². The molecule has 0 aliphatic carbocycles. The second kappa shape index (κ2) is 6.97.